The largest absolute Gasteiger partial charge is 0.371 e. The van der Waals surface area contributed by atoms with Crippen LogP contribution in [0.15, 0.2) is 36.7 Å². The summed E-state index contributed by atoms with van der Waals surface area (Å²) in [7, 11) is 2.25. The first-order chi connectivity index (χ1) is 10.8. The summed E-state index contributed by atoms with van der Waals surface area (Å²) in [6.45, 7) is 3.88. The zero-order valence-corrected chi connectivity index (χ0v) is 13.4. The molecule has 1 saturated heterocycles. The zero-order chi connectivity index (χ0) is 14.9. The molecule has 1 aliphatic carbocycles. The number of rotatable bonds is 4. The highest BCUT2D eigenvalue weighted by molar-refractivity contribution is 5.85. The van der Waals surface area contributed by atoms with E-state index < -0.39 is 0 Å². The molecule has 0 N–H and O–H groups in total. The van der Waals surface area contributed by atoms with Gasteiger partial charge in [-0.05, 0) is 55.2 Å². The molecule has 1 aromatic heterocycles. The van der Waals surface area contributed by atoms with Gasteiger partial charge in [0.05, 0.1) is 0 Å². The van der Waals surface area contributed by atoms with Crippen LogP contribution < -0.4 is 4.90 Å². The summed E-state index contributed by atoms with van der Waals surface area (Å²) in [6.07, 6.45) is 9.32. The average Bonchev–Trinajstić information content (AvgIpc) is 3.38. The molecule has 0 atom stereocenters. The van der Waals surface area contributed by atoms with E-state index in [1.165, 1.54) is 61.8 Å². The second-order valence-electron chi connectivity index (χ2n) is 6.99. The van der Waals surface area contributed by atoms with E-state index in [4.69, 9.17) is 0 Å². The maximum Gasteiger partial charge on any atom is 0.0372 e. The molecule has 1 aliphatic heterocycles. The van der Waals surface area contributed by atoms with Crippen molar-refractivity contribution in [2.24, 2.45) is 5.92 Å². The standard InChI is InChI=1S/C19H25N3/c1-21(18-7-10-22(11-8-18)14-15-2-3-15)19-5-4-17-13-20-9-6-16(17)12-19/h4-6,9,12-13,15,18H,2-3,7-8,10-11,14H2,1H3. The number of benzene rings is 1. The lowest BCUT2D eigenvalue weighted by molar-refractivity contribution is 0.203. The van der Waals surface area contributed by atoms with Crippen LogP contribution in [0.4, 0.5) is 5.69 Å². The van der Waals surface area contributed by atoms with Crippen LogP contribution in [0.3, 0.4) is 0 Å². The predicted octanol–water partition coefficient (Wildman–Crippen LogP) is 3.55. The molecule has 0 radical (unpaired) electrons. The quantitative estimate of drug-likeness (QED) is 0.860. The predicted molar refractivity (Wildman–Crippen MR) is 92.3 cm³/mol. The Kier molecular flexibility index (Phi) is 3.75. The minimum Gasteiger partial charge on any atom is -0.371 e. The fourth-order valence-electron chi connectivity index (χ4n) is 3.66. The summed E-state index contributed by atoms with van der Waals surface area (Å²) in [5.74, 6) is 1.02. The number of aromatic nitrogens is 1. The zero-order valence-electron chi connectivity index (χ0n) is 13.4. The van der Waals surface area contributed by atoms with Gasteiger partial charge in [0.2, 0.25) is 0 Å². The Labute approximate surface area is 132 Å². The third kappa shape index (κ3) is 2.95. The summed E-state index contributed by atoms with van der Waals surface area (Å²) < 4.78 is 0. The van der Waals surface area contributed by atoms with Crippen molar-refractivity contribution >= 4 is 16.5 Å². The number of piperidine rings is 1. The summed E-state index contributed by atoms with van der Waals surface area (Å²) >= 11 is 0. The molecule has 0 spiro atoms. The molecular weight excluding hydrogens is 270 g/mol. The van der Waals surface area contributed by atoms with E-state index in [-0.39, 0.29) is 0 Å². The van der Waals surface area contributed by atoms with E-state index in [1.807, 2.05) is 12.4 Å². The van der Waals surface area contributed by atoms with Crippen LogP contribution in [0.1, 0.15) is 25.7 Å². The Morgan fingerprint density at radius 1 is 1.09 bits per heavy atom. The summed E-state index contributed by atoms with van der Waals surface area (Å²) in [5.41, 5.74) is 1.33. The lowest BCUT2D eigenvalue weighted by Crippen LogP contribution is -2.44. The first-order valence-corrected chi connectivity index (χ1v) is 8.58. The molecule has 0 unspecified atom stereocenters. The fourth-order valence-corrected chi connectivity index (χ4v) is 3.66. The van der Waals surface area contributed by atoms with Gasteiger partial charge in [0, 0.05) is 56.2 Å². The maximum atomic E-state index is 4.20. The summed E-state index contributed by atoms with van der Waals surface area (Å²) in [6, 6.07) is 9.50. The highest BCUT2D eigenvalue weighted by Crippen LogP contribution is 2.31. The molecule has 1 saturated carbocycles. The van der Waals surface area contributed by atoms with Crippen molar-refractivity contribution in [3.63, 3.8) is 0 Å². The van der Waals surface area contributed by atoms with Crippen LogP contribution in [0.5, 0.6) is 0 Å². The molecule has 3 nitrogen and oxygen atoms in total. The van der Waals surface area contributed by atoms with Gasteiger partial charge in [0.25, 0.3) is 0 Å². The number of fused-ring (bicyclic) bond motifs is 1. The van der Waals surface area contributed by atoms with Gasteiger partial charge in [-0.15, -0.1) is 0 Å². The first-order valence-electron chi connectivity index (χ1n) is 8.58. The fraction of sp³-hybridized carbons (Fsp3) is 0.526. The number of nitrogens with zero attached hydrogens (tertiary/aromatic N) is 3. The van der Waals surface area contributed by atoms with Gasteiger partial charge >= 0.3 is 0 Å². The van der Waals surface area contributed by atoms with Crippen LogP contribution in [-0.4, -0.2) is 42.6 Å². The molecule has 116 valence electrons. The van der Waals surface area contributed by atoms with Crippen molar-refractivity contribution in [3.05, 3.63) is 36.7 Å². The van der Waals surface area contributed by atoms with E-state index in [0.29, 0.717) is 6.04 Å². The lowest BCUT2D eigenvalue weighted by atomic mass is 10.0. The summed E-state index contributed by atoms with van der Waals surface area (Å²) in [5, 5.41) is 2.50. The van der Waals surface area contributed by atoms with Gasteiger partial charge in [-0.2, -0.15) is 0 Å². The Balaban J connectivity index is 1.43. The number of anilines is 1. The molecular formula is C19H25N3. The number of likely N-dealkylation sites (tertiary alicyclic amines) is 1. The molecule has 22 heavy (non-hydrogen) atoms. The van der Waals surface area contributed by atoms with Crippen LogP contribution >= 0.6 is 0 Å². The van der Waals surface area contributed by atoms with Crippen LogP contribution in [0, 0.1) is 5.92 Å². The molecule has 2 aromatic rings. The Bertz CT molecular complexity index is 642. The molecule has 1 aromatic carbocycles. The average molecular weight is 295 g/mol. The molecule has 2 heterocycles. The maximum absolute atomic E-state index is 4.20. The highest BCUT2D eigenvalue weighted by Gasteiger charge is 2.28. The SMILES string of the molecule is CN(c1ccc2cnccc2c1)C1CCN(CC2CC2)CC1. The van der Waals surface area contributed by atoms with Gasteiger partial charge in [-0.25, -0.2) is 0 Å². The normalized spacial score (nSPS) is 20.4. The monoisotopic (exact) mass is 295 g/mol. The van der Waals surface area contributed by atoms with E-state index in [2.05, 4.69) is 46.1 Å². The second kappa shape index (κ2) is 5.88. The Hall–Kier alpha value is -1.61. The highest BCUT2D eigenvalue weighted by atomic mass is 15.2. The Morgan fingerprint density at radius 2 is 1.91 bits per heavy atom. The molecule has 0 bridgehead atoms. The van der Waals surface area contributed by atoms with Crippen molar-refractivity contribution < 1.29 is 0 Å². The third-order valence-electron chi connectivity index (χ3n) is 5.35. The topological polar surface area (TPSA) is 19.4 Å². The van der Waals surface area contributed by atoms with Crippen molar-refractivity contribution in [1.29, 1.82) is 0 Å². The number of hydrogen-bond donors (Lipinski definition) is 0. The van der Waals surface area contributed by atoms with E-state index in [1.54, 1.807) is 0 Å². The first kappa shape index (κ1) is 14.0. The van der Waals surface area contributed by atoms with Crippen molar-refractivity contribution in [1.82, 2.24) is 9.88 Å². The number of pyridine rings is 1. The van der Waals surface area contributed by atoms with Crippen LogP contribution in [0.2, 0.25) is 0 Å². The van der Waals surface area contributed by atoms with E-state index in [0.717, 1.165) is 5.92 Å². The van der Waals surface area contributed by atoms with Crippen LogP contribution in [-0.2, 0) is 0 Å². The van der Waals surface area contributed by atoms with Gasteiger partial charge in [-0.3, -0.25) is 4.98 Å². The second-order valence-corrected chi connectivity index (χ2v) is 6.99. The minimum absolute atomic E-state index is 0.676. The third-order valence-corrected chi connectivity index (χ3v) is 5.35. The minimum atomic E-state index is 0.676. The molecule has 3 heteroatoms. The molecule has 4 rings (SSSR count). The van der Waals surface area contributed by atoms with Crippen molar-refractivity contribution in [3.8, 4) is 0 Å². The van der Waals surface area contributed by atoms with Crippen molar-refractivity contribution in [2.75, 3.05) is 31.6 Å². The summed E-state index contributed by atoms with van der Waals surface area (Å²) in [4.78, 5) is 9.35. The van der Waals surface area contributed by atoms with Gasteiger partial charge in [0.1, 0.15) is 0 Å². The smallest absolute Gasteiger partial charge is 0.0372 e. The molecule has 0 amide bonds. The van der Waals surface area contributed by atoms with Crippen molar-refractivity contribution in [2.45, 2.75) is 31.7 Å². The molecule has 2 fully saturated rings. The van der Waals surface area contributed by atoms with E-state index >= 15 is 0 Å². The number of hydrogen-bond acceptors (Lipinski definition) is 3. The van der Waals surface area contributed by atoms with Gasteiger partial charge in [-0.1, -0.05) is 6.07 Å². The molecule has 2 aliphatic rings. The lowest BCUT2D eigenvalue weighted by Gasteiger charge is -2.38. The Morgan fingerprint density at radius 3 is 2.68 bits per heavy atom. The van der Waals surface area contributed by atoms with Gasteiger partial charge < -0.3 is 9.80 Å². The van der Waals surface area contributed by atoms with Crippen LogP contribution in [0.25, 0.3) is 10.8 Å². The van der Waals surface area contributed by atoms with E-state index in [9.17, 15) is 0 Å². The van der Waals surface area contributed by atoms with Gasteiger partial charge in [0.15, 0.2) is 0 Å².